The fourth-order valence-electron chi connectivity index (χ4n) is 1.84. The molecule has 1 aromatic carbocycles. The van der Waals surface area contributed by atoms with Crippen LogP contribution in [0, 0.1) is 5.92 Å². The maximum absolute atomic E-state index is 6.02. The van der Waals surface area contributed by atoms with E-state index in [2.05, 4.69) is 17.9 Å². The van der Waals surface area contributed by atoms with Gasteiger partial charge in [-0.2, -0.15) is 0 Å². The molecule has 88 valence electrons. The van der Waals surface area contributed by atoms with Crippen LogP contribution in [0.25, 0.3) is 0 Å². The van der Waals surface area contributed by atoms with Crippen molar-refractivity contribution in [1.29, 1.82) is 0 Å². The monoisotopic (exact) mass is 237 g/mol. The first kappa shape index (κ1) is 11.8. The van der Waals surface area contributed by atoms with Crippen molar-refractivity contribution in [2.75, 3.05) is 13.6 Å². The van der Waals surface area contributed by atoms with Crippen LogP contribution in [0.5, 0.6) is 5.75 Å². The summed E-state index contributed by atoms with van der Waals surface area (Å²) in [5.41, 5.74) is 0. The number of ether oxygens (including phenoxy) is 1. The van der Waals surface area contributed by atoms with E-state index in [9.17, 15) is 0 Å². The largest absolute Gasteiger partial charge is 0.490 e. The Morgan fingerprint density at radius 2 is 2.06 bits per heavy atom. The van der Waals surface area contributed by atoms with Crippen molar-refractivity contribution >= 4 is 12.6 Å². The molecule has 1 atom stereocenters. The molecule has 1 aliphatic carbocycles. The van der Waals surface area contributed by atoms with E-state index in [1.807, 2.05) is 31.3 Å². The van der Waals surface area contributed by atoms with Crippen LogP contribution in [0.15, 0.2) is 29.2 Å². The first-order chi connectivity index (χ1) is 7.79. The van der Waals surface area contributed by atoms with Crippen molar-refractivity contribution in [3.05, 3.63) is 24.3 Å². The maximum Gasteiger partial charge on any atom is 0.119 e. The van der Waals surface area contributed by atoms with Crippen LogP contribution in [0.2, 0.25) is 0 Å². The molecule has 0 aliphatic heterocycles. The van der Waals surface area contributed by atoms with Crippen molar-refractivity contribution in [3.8, 4) is 5.75 Å². The lowest BCUT2D eigenvalue weighted by Crippen LogP contribution is -2.24. The first-order valence-corrected chi connectivity index (χ1v) is 6.34. The van der Waals surface area contributed by atoms with Gasteiger partial charge >= 0.3 is 0 Å². The normalized spacial score (nSPS) is 17.1. The average Bonchev–Trinajstić information content (AvgIpc) is 3.11. The van der Waals surface area contributed by atoms with Gasteiger partial charge in [0.05, 0.1) is 0 Å². The van der Waals surface area contributed by atoms with Crippen LogP contribution in [-0.4, -0.2) is 19.7 Å². The molecular weight excluding hydrogens is 218 g/mol. The Kier molecular flexibility index (Phi) is 4.13. The minimum Gasteiger partial charge on any atom is -0.490 e. The number of rotatable bonds is 6. The van der Waals surface area contributed by atoms with E-state index in [0.717, 1.165) is 29.5 Å². The van der Waals surface area contributed by atoms with Crippen LogP contribution in [0.1, 0.15) is 19.3 Å². The summed E-state index contributed by atoms with van der Waals surface area (Å²) in [6.07, 6.45) is 4.10. The zero-order valence-corrected chi connectivity index (χ0v) is 10.5. The topological polar surface area (TPSA) is 21.3 Å². The van der Waals surface area contributed by atoms with Crippen LogP contribution in [-0.2, 0) is 0 Å². The minimum atomic E-state index is 0.373. The summed E-state index contributed by atoms with van der Waals surface area (Å²) in [6, 6.07) is 7.94. The molecule has 1 aliphatic rings. The van der Waals surface area contributed by atoms with Crippen LogP contribution < -0.4 is 10.1 Å². The van der Waals surface area contributed by atoms with Gasteiger partial charge in [-0.1, -0.05) is 0 Å². The fraction of sp³-hybridized carbons (Fsp3) is 0.538. The average molecular weight is 237 g/mol. The highest BCUT2D eigenvalue weighted by Crippen LogP contribution is 2.36. The van der Waals surface area contributed by atoms with E-state index >= 15 is 0 Å². The van der Waals surface area contributed by atoms with Crippen molar-refractivity contribution in [2.24, 2.45) is 5.92 Å². The molecule has 2 rings (SSSR count). The third-order valence-corrected chi connectivity index (χ3v) is 3.25. The summed E-state index contributed by atoms with van der Waals surface area (Å²) < 4.78 is 6.02. The van der Waals surface area contributed by atoms with E-state index < -0.39 is 0 Å². The molecule has 0 saturated heterocycles. The van der Waals surface area contributed by atoms with Gasteiger partial charge in [-0.15, -0.1) is 12.6 Å². The fourth-order valence-corrected chi connectivity index (χ4v) is 1.99. The molecule has 16 heavy (non-hydrogen) atoms. The predicted molar refractivity (Wildman–Crippen MR) is 69.4 cm³/mol. The number of benzene rings is 1. The molecule has 0 heterocycles. The molecule has 1 aromatic rings. The summed E-state index contributed by atoms with van der Waals surface area (Å²) >= 11 is 4.27. The van der Waals surface area contributed by atoms with Gasteiger partial charge < -0.3 is 10.1 Å². The smallest absolute Gasteiger partial charge is 0.119 e. The van der Waals surface area contributed by atoms with E-state index in [-0.39, 0.29) is 0 Å². The Morgan fingerprint density at radius 1 is 1.38 bits per heavy atom. The second-order valence-corrected chi connectivity index (χ2v) is 4.90. The summed E-state index contributed by atoms with van der Waals surface area (Å²) in [5, 5.41) is 3.18. The molecule has 0 radical (unpaired) electrons. The molecule has 1 unspecified atom stereocenters. The zero-order valence-electron chi connectivity index (χ0n) is 9.65. The third-order valence-electron chi connectivity index (χ3n) is 2.95. The van der Waals surface area contributed by atoms with Crippen molar-refractivity contribution in [3.63, 3.8) is 0 Å². The number of thiol groups is 1. The van der Waals surface area contributed by atoms with Gasteiger partial charge in [0, 0.05) is 4.90 Å². The Bertz CT molecular complexity index is 321. The summed E-state index contributed by atoms with van der Waals surface area (Å²) in [5.74, 6) is 1.73. The summed E-state index contributed by atoms with van der Waals surface area (Å²) in [4.78, 5) is 0.977. The molecule has 0 bridgehead atoms. The Balaban J connectivity index is 1.91. The van der Waals surface area contributed by atoms with Gasteiger partial charge in [0.2, 0.25) is 0 Å². The van der Waals surface area contributed by atoms with E-state index in [4.69, 9.17) is 4.74 Å². The summed E-state index contributed by atoms with van der Waals surface area (Å²) in [7, 11) is 1.99. The highest BCUT2D eigenvalue weighted by Gasteiger charge is 2.32. The van der Waals surface area contributed by atoms with Gasteiger partial charge in [0.15, 0.2) is 0 Å². The van der Waals surface area contributed by atoms with E-state index in [0.29, 0.717) is 6.10 Å². The standard InChI is InChI=1S/C13H19NOS/c1-14-9-8-13(10-2-3-10)15-11-4-6-12(16)7-5-11/h4-7,10,13-14,16H,2-3,8-9H2,1H3. The van der Waals surface area contributed by atoms with E-state index in [1.165, 1.54) is 12.8 Å². The van der Waals surface area contributed by atoms with Crippen LogP contribution in [0.4, 0.5) is 0 Å². The highest BCUT2D eigenvalue weighted by atomic mass is 32.1. The second-order valence-electron chi connectivity index (χ2n) is 4.38. The summed E-state index contributed by atoms with van der Waals surface area (Å²) in [6.45, 7) is 1.02. The lowest BCUT2D eigenvalue weighted by Gasteiger charge is -2.18. The molecule has 1 N–H and O–H groups in total. The van der Waals surface area contributed by atoms with Gasteiger partial charge in [0.1, 0.15) is 11.9 Å². The number of hydrogen-bond acceptors (Lipinski definition) is 3. The lowest BCUT2D eigenvalue weighted by atomic mass is 10.1. The quantitative estimate of drug-likeness (QED) is 0.742. The number of hydrogen-bond donors (Lipinski definition) is 2. The van der Waals surface area contributed by atoms with E-state index in [1.54, 1.807) is 0 Å². The van der Waals surface area contributed by atoms with Crippen molar-refractivity contribution in [2.45, 2.75) is 30.3 Å². The third kappa shape index (κ3) is 3.42. The lowest BCUT2D eigenvalue weighted by molar-refractivity contribution is 0.168. The molecule has 0 aromatic heterocycles. The molecule has 0 amide bonds. The van der Waals surface area contributed by atoms with Crippen molar-refractivity contribution in [1.82, 2.24) is 5.32 Å². The Morgan fingerprint density at radius 3 is 2.62 bits per heavy atom. The van der Waals surface area contributed by atoms with Crippen LogP contribution >= 0.6 is 12.6 Å². The predicted octanol–water partition coefficient (Wildman–Crippen LogP) is 2.74. The SMILES string of the molecule is CNCCC(Oc1ccc(S)cc1)C1CC1. The zero-order chi connectivity index (χ0) is 11.4. The molecule has 1 fully saturated rings. The van der Waals surface area contributed by atoms with Gasteiger partial charge in [-0.25, -0.2) is 0 Å². The Hall–Kier alpha value is -0.670. The maximum atomic E-state index is 6.02. The highest BCUT2D eigenvalue weighted by molar-refractivity contribution is 7.80. The Labute approximate surface area is 103 Å². The van der Waals surface area contributed by atoms with Gasteiger partial charge in [0.25, 0.3) is 0 Å². The molecule has 1 saturated carbocycles. The first-order valence-electron chi connectivity index (χ1n) is 5.90. The van der Waals surface area contributed by atoms with Gasteiger partial charge in [-0.3, -0.25) is 0 Å². The molecule has 0 spiro atoms. The molecule has 3 heteroatoms. The second kappa shape index (κ2) is 5.60. The molecule has 2 nitrogen and oxygen atoms in total. The van der Waals surface area contributed by atoms with Crippen molar-refractivity contribution < 1.29 is 4.74 Å². The van der Waals surface area contributed by atoms with Gasteiger partial charge in [-0.05, 0) is 63.0 Å². The molecular formula is C13H19NOS. The van der Waals surface area contributed by atoms with Crippen LogP contribution in [0.3, 0.4) is 0 Å². The number of nitrogens with one attached hydrogen (secondary N) is 1. The minimum absolute atomic E-state index is 0.373.